The molecule has 2 aliphatic heterocycles. The molecule has 1 N–H and O–H groups in total. The molecule has 0 aliphatic carbocycles. The van der Waals surface area contributed by atoms with Gasteiger partial charge < -0.3 is 19.7 Å². The Balaban J connectivity index is 1.29. The van der Waals surface area contributed by atoms with Crippen molar-refractivity contribution < 1.29 is 19.2 Å². The van der Waals surface area contributed by atoms with Crippen molar-refractivity contribution in [3.63, 3.8) is 0 Å². The molecule has 1 saturated heterocycles. The fourth-order valence-electron chi connectivity index (χ4n) is 5.42. The van der Waals surface area contributed by atoms with Crippen LogP contribution in [0.3, 0.4) is 0 Å². The second-order valence-corrected chi connectivity index (χ2v) is 10.5. The summed E-state index contributed by atoms with van der Waals surface area (Å²) in [6.45, 7) is 6.71. The zero-order valence-corrected chi connectivity index (χ0v) is 23.5. The summed E-state index contributed by atoms with van der Waals surface area (Å²) in [6.07, 6.45) is 3.29. The van der Waals surface area contributed by atoms with Crippen molar-refractivity contribution in [3.8, 4) is 5.75 Å². The number of anilines is 2. The maximum atomic E-state index is 12.9. The van der Waals surface area contributed by atoms with Gasteiger partial charge in [0.2, 0.25) is 0 Å². The van der Waals surface area contributed by atoms with E-state index >= 15 is 0 Å². The number of fused-ring (bicyclic) bond motifs is 1. The third-order valence-electron chi connectivity index (χ3n) is 7.37. The number of benzene rings is 2. The molecule has 1 fully saturated rings. The first-order valence-electron chi connectivity index (χ1n) is 13.5. The van der Waals surface area contributed by atoms with Gasteiger partial charge in [0.15, 0.2) is 0 Å². The molecule has 2 aromatic carbocycles. The number of ether oxygens (including phenoxy) is 2. The summed E-state index contributed by atoms with van der Waals surface area (Å²) in [7, 11) is 1.71. The van der Waals surface area contributed by atoms with Crippen molar-refractivity contribution >= 4 is 33.9 Å². The molecule has 0 bridgehead atoms. The summed E-state index contributed by atoms with van der Waals surface area (Å²) < 4.78 is 15.6. The predicted octanol–water partition coefficient (Wildman–Crippen LogP) is 4.82. The summed E-state index contributed by atoms with van der Waals surface area (Å²) >= 11 is 1.35. The zero-order valence-electron chi connectivity index (χ0n) is 22.7. The minimum Gasteiger partial charge on any atom is -0.495 e. The molecule has 0 spiro atoms. The molecule has 2 aliphatic rings. The molecule has 0 amide bonds. The summed E-state index contributed by atoms with van der Waals surface area (Å²) in [5.41, 5.74) is 4.01. The van der Waals surface area contributed by atoms with E-state index in [1.54, 1.807) is 26.3 Å². The minimum atomic E-state index is -0.492. The number of aryl methyl sites for hydroxylation is 1. The summed E-state index contributed by atoms with van der Waals surface area (Å²) in [6, 6.07) is 14.6. The van der Waals surface area contributed by atoms with Gasteiger partial charge in [-0.3, -0.25) is 15.0 Å². The molecule has 0 saturated carbocycles. The first-order valence-corrected chi connectivity index (χ1v) is 14.2. The van der Waals surface area contributed by atoms with Crippen LogP contribution < -0.4 is 15.0 Å². The van der Waals surface area contributed by atoms with Crippen LogP contribution in [0.2, 0.25) is 0 Å². The molecule has 210 valence electrons. The lowest BCUT2D eigenvalue weighted by molar-refractivity contribution is -0.384. The lowest BCUT2D eigenvalue weighted by atomic mass is 9.82. The number of piperazine rings is 1. The second kappa shape index (κ2) is 12.5. The van der Waals surface area contributed by atoms with Crippen LogP contribution in [-0.2, 0) is 16.0 Å². The Bertz CT molecular complexity index is 1400. The van der Waals surface area contributed by atoms with Gasteiger partial charge in [-0.05, 0) is 55.5 Å². The van der Waals surface area contributed by atoms with Crippen LogP contribution in [-0.4, -0.2) is 66.6 Å². The van der Waals surface area contributed by atoms with E-state index in [2.05, 4.69) is 21.2 Å². The average molecular weight is 564 g/mol. The number of carbonyl (C=O) groups excluding carboxylic acids is 1. The normalized spacial score (nSPS) is 17.0. The Morgan fingerprint density at radius 1 is 1.18 bits per heavy atom. The highest BCUT2D eigenvalue weighted by molar-refractivity contribution is 7.10. The smallest absolute Gasteiger partial charge is 0.336 e. The number of methoxy groups -OCH3 is 1. The molecule has 1 atom stereocenters. The van der Waals surface area contributed by atoms with Crippen LogP contribution in [0.1, 0.15) is 36.1 Å². The highest BCUT2D eigenvalue weighted by Gasteiger charge is 2.35. The number of non-ortho nitro benzene ring substituents is 1. The average Bonchev–Trinajstić information content (AvgIpc) is 3.40. The van der Waals surface area contributed by atoms with Crippen molar-refractivity contribution in [2.45, 2.75) is 25.7 Å². The Kier molecular flexibility index (Phi) is 8.61. The van der Waals surface area contributed by atoms with Crippen molar-refractivity contribution in [1.82, 2.24) is 9.27 Å². The van der Waals surface area contributed by atoms with E-state index in [0.29, 0.717) is 11.1 Å². The number of rotatable bonds is 10. The Labute approximate surface area is 237 Å². The monoisotopic (exact) mass is 563 g/mol. The number of esters is 1. The van der Waals surface area contributed by atoms with Gasteiger partial charge in [0.25, 0.3) is 5.69 Å². The van der Waals surface area contributed by atoms with Crippen molar-refractivity contribution in [1.29, 1.82) is 0 Å². The topological polar surface area (TPSA) is 110 Å². The molecule has 10 nitrogen and oxygen atoms in total. The maximum Gasteiger partial charge on any atom is 0.336 e. The van der Waals surface area contributed by atoms with Crippen LogP contribution in [0.4, 0.5) is 16.4 Å². The van der Waals surface area contributed by atoms with Crippen molar-refractivity contribution in [2.24, 2.45) is 0 Å². The molecular weight excluding hydrogens is 530 g/mol. The maximum absolute atomic E-state index is 12.9. The van der Waals surface area contributed by atoms with Crippen molar-refractivity contribution in [2.75, 3.05) is 56.7 Å². The largest absolute Gasteiger partial charge is 0.495 e. The Morgan fingerprint density at radius 3 is 2.73 bits per heavy atom. The van der Waals surface area contributed by atoms with Gasteiger partial charge in [0, 0.05) is 56.0 Å². The summed E-state index contributed by atoms with van der Waals surface area (Å²) in [5, 5.41) is 15.6. The van der Waals surface area contributed by atoms with Gasteiger partial charge in [-0.15, -0.1) is 0 Å². The lowest BCUT2D eigenvalue weighted by Gasteiger charge is -2.36. The first-order chi connectivity index (χ1) is 19.5. The number of nitrogens with zero attached hydrogens (tertiary/aromatic N) is 4. The highest BCUT2D eigenvalue weighted by Crippen LogP contribution is 2.44. The zero-order chi connectivity index (χ0) is 28.1. The Morgan fingerprint density at radius 2 is 1.98 bits per heavy atom. The van der Waals surface area contributed by atoms with Crippen LogP contribution in [0, 0.1) is 10.1 Å². The van der Waals surface area contributed by atoms with Gasteiger partial charge in [0.1, 0.15) is 10.8 Å². The predicted molar refractivity (Wildman–Crippen MR) is 155 cm³/mol. The number of para-hydroxylation sites is 2. The molecule has 1 aromatic heterocycles. The third kappa shape index (κ3) is 5.80. The van der Waals surface area contributed by atoms with Crippen molar-refractivity contribution in [3.05, 3.63) is 87.2 Å². The number of hydrogen-bond acceptors (Lipinski definition) is 10. The molecule has 5 rings (SSSR count). The highest BCUT2D eigenvalue weighted by atomic mass is 32.1. The molecule has 40 heavy (non-hydrogen) atoms. The van der Waals surface area contributed by atoms with Crippen LogP contribution in [0.15, 0.2) is 60.3 Å². The van der Waals surface area contributed by atoms with E-state index in [1.165, 1.54) is 23.7 Å². The van der Waals surface area contributed by atoms with Crippen LogP contribution >= 0.6 is 11.5 Å². The van der Waals surface area contributed by atoms with E-state index < -0.39 is 16.8 Å². The Hall–Kier alpha value is -3.96. The van der Waals surface area contributed by atoms with E-state index in [1.807, 2.05) is 24.3 Å². The fourth-order valence-corrected chi connectivity index (χ4v) is 6.26. The lowest BCUT2D eigenvalue weighted by Crippen LogP contribution is -2.46. The SMILES string of the molecule is CCOC(=O)C1=CNc2snc(CCCN3CCN(c4ccccc4OC)CC3)c2C1c1cccc([N+](=O)[O-])c1. The van der Waals surface area contributed by atoms with Gasteiger partial charge >= 0.3 is 5.97 Å². The van der Waals surface area contributed by atoms with Gasteiger partial charge in [0.05, 0.1) is 35.6 Å². The molecule has 0 radical (unpaired) electrons. The first kappa shape index (κ1) is 27.6. The van der Waals surface area contributed by atoms with E-state index in [-0.39, 0.29) is 12.3 Å². The number of nitro benzene ring substituents is 1. The van der Waals surface area contributed by atoms with Gasteiger partial charge in [-0.2, -0.15) is 4.37 Å². The minimum absolute atomic E-state index is 0.0159. The number of hydrogen-bond donors (Lipinski definition) is 1. The third-order valence-corrected chi connectivity index (χ3v) is 8.20. The van der Waals surface area contributed by atoms with E-state index in [0.717, 1.165) is 73.3 Å². The van der Waals surface area contributed by atoms with Gasteiger partial charge in [-0.25, -0.2) is 4.79 Å². The summed E-state index contributed by atoms with van der Waals surface area (Å²) in [5.74, 6) is -0.0389. The number of aromatic nitrogens is 1. The van der Waals surface area contributed by atoms with E-state index in [9.17, 15) is 14.9 Å². The number of carbonyl (C=O) groups is 1. The molecule has 3 aromatic rings. The fraction of sp³-hybridized carbons (Fsp3) is 0.379. The summed E-state index contributed by atoms with van der Waals surface area (Å²) in [4.78, 5) is 28.8. The number of nitro groups is 1. The molecule has 11 heteroatoms. The van der Waals surface area contributed by atoms with Gasteiger partial charge in [-0.1, -0.05) is 24.3 Å². The van der Waals surface area contributed by atoms with Crippen LogP contribution in [0.5, 0.6) is 5.75 Å². The molecule has 3 heterocycles. The standard InChI is InChI=1S/C29H33N5O5S/c1-3-39-29(35)22-19-30-28-27(26(22)20-8-6-9-21(18-20)34(36)37)23(31-40-28)10-7-13-32-14-16-33(17-15-32)24-11-4-5-12-25(24)38-2/h4-6,8-9,11-12,18-19,26,30H,3,7,10,13-17H2,1-2H3. The second-order valence-electron chi connectivity index (χ2n) is 9.73. The molecule has 1 unspecified atom stereocenters. The number of nitrogens with one attached hydrogen (secondary N) is 1. The van der Waals surface area contributed by atoms with E-state index in [4.69, 9.17) is 13.8 Å². The van der Waals surface area contributed by atoms with Crippen LogP contribution in [0.25, 0.3) is 0 Å². The molecular formula is C29H33N5O5S. The quantitative estimate of drug-likeness (QED) is 0.211.